The van der Waals surface area contributed by atoms with E-state index in [1.165, 1.54) is 32.1 Å². The van der Waals surface area contributed by atoms with E-state index in [0.717, 1.165) is 30.7 Å². The molecule has 0 radical (unpaired) electrons. The van der Waals surface area contributed by atoms with Gasteiger partial charge in [-0.25, -0.2) is 0 Å². The highest BCUT2D eigenvalue weighted by Crippen LogP contribution is 2.28. The number of carbonyl (C=O) groups excluding carboxylic acids is 2. The van der Waals surface area contributed by atoms with Crippen molar-refractivity contribution in [2.75, 3.05) is 13.1 Å². The largest absolute Gasteiger partial charge is 0.352 e. The summed E-state index contributed by atoms with van der Waals surface area (Å²) in [6.07, 6.45) is 13.4. The molecule has 2 fully saturated rings. The van der Waals surface area contributed by atoms with Crippen LogP contribution in [0.1, 0.15) is 63.4 Å². The lowest BCUT2D eigenvalue weighted by atomic mass is 9.86. The summed E-state index contributed by atoms with van der Waals surface area (Å²) in [6, 6.07) is 3.83. The summed E-state index contributed by atoms with van der Waals surface area (Å²) in [4.78, 5) is 30.8. The Hall–Kier alpha value is -1.91. The molecule has 1 aromatic heterocycles. The lowest BCUT2D eigenvalue weighted by molar-refractivity contribution is -0.136. The summed E-state index contributed by atoms with van der Waals surface area (Å²) in [5.74, 6) is 1.16. The second kappa shape index (κ2) is 9.70. The Morgan fingerprint density at radius 1 is 1.12 bits per heavy atom. The van der Waals surface area contributed by atoms with Gasteiger partial charge in [0.1, 0.15) is 0 Å². The summed E-state index contributed by atoms with van der Waals surface area (Å²) in [5.41, 5.74) is 1.01. The molecule has 1 aromatic rings. The van der Waals surface area contributed by atoms with Crippen LogP contribution in [-0.4, -0.2) is 34.8 Å². The van der Waals surface area contributed by atoms with E-state index < -0.39 is 0 Å². The number of rotatable bonds is 6. The van der Waals surface area contributed by atoms with E-state index in [4.69, 9.17) is 0 Å². The van der Waals surface area contributed by atoms with Gasteiger partial charge in [-0.2, -0.15) is 0 Å². The predicted molar refractivity (Wildman–Crippen MR) is 101 cm³/mol. The number of likely N-dealkylation sites (tertiary alicyclic amines) is 1. The van der Waals surface area contributed by atoms with Gasteiger partial charge in [-0.3, -0.25) is 14.6 Å². The highest BCUT2D eigenvalue weighted by molar-refractivity contribution is 5.80. The number of nitrogens with one attached hydrogen (secondary N) is 1. The molecule has 1 saturated heterocycles. The van der Waals surface area contributed by atoms with Crippen LogP contribution < -0.4 is 5.32 Å². The first-order valence-corrected chi connectivity index (χ1v) is 10.2. The summed E-state index contributed by atoms with van der Waals surface area (Å²) in [7, 11) is 0. The Morgan fingerprint density at radius 2 is 1.88 bits per heavy atom. The van der Waals surface area contributed by atoms with Crippen molar-refractivity contribution in [3.63, 3.8) is 0 Å². The number of pyridine rings is 1. The summed E-state index contributed by atoms with van der Waals surface area (Å²) in [6.45, 7) is 1.95. The van der Waals surface area contributed by atoms with Gasteiger partial charge < -0.3 is 10.2 Å². The highest BCUT2D eigenvalue weighted by Gasteiger charge is 2.27. The minimum absolute atomic E-state index is 0.0223. The molecule has 0 spiro atoms. The normalized spacial score (nSPS) is 19.3. The van der Waals surface area contributed by atoms with Crippen molar-refractivity contribution in [3.05, 3.63) is 30.1 Å². The molecule has 26 heavy (non-hydrogen) atoms. The first kappa shape index (κ1) is 18.9. The summed E-state index contributed by atoms with van der Waals surface area (Å²) in [5, 5.41) is 3.00. The van der Waals surface area contributed by atoms with Gasteiger partial charge >= 0.3 is 0 Å². The Morgan fingerprint density at radius 3 is 2.58 bits per heavy atom. The molecule has 2 aliphatic rings. The van der Waals surface area contributed by atoms with Crippen molar-refractivity contribution < 1.29 is 9.59 Å². The van der Waals surface area contributed by atoms with Crippen LogP contribution in [0, 0.1) is 11.8 Å². The molecule has 0 atom stereocenters. The standard InChI is InChI=1S/C21H31N3O2/c25-20(9-8-17-5-2-1-3-6-17)24-13-10-19(11-14-24)21(26)23-16-18-7-4-12-22-15-18/h4,7,12,15,17,19H,1-3,5-6,8-11,13-14,16H2,(H,23,26). The average Bonchev–Trinajstić information content (AvgIpc) is 2.72. The first-order chi connectivity index (χ1) is 12.7. The monoisotopic (exact) mass is 357 g/mol. The van der Waals surface area contributed by atoms with Crippen molar-refractivity contribution in [3.8, 4) is 0 Å². The molecule has 1 N–H and O–H groups in total. The fraction of sp³-hybridized carbons (Fsp3) is 0.667. The van der Waals surface area contributed by atoms with Crippen LogP contribution in [0.4, 0.5) is 0 Å². The zero-order valence-electron chi connectivity index (χ0n) is 15.7. The maximum Gasteiger partial charge on any atom is 0.223 e. The third-order valence-electron chi connectivity index (χ3n) is 5.90. The molecule has 0 unspecified atom stereocenters. The van der Waals surface area contributed by atoms with Gasteiger partial charge in [-0.1, -0.05) is 38.2 Å². The Bertz CT molecular complexity index is 576. The fourth-order valence-electron chi connectivity index (χ4n) is 4.19. The van der Waals surface area contributed by atoms with Crippen LogP contribution in [0.25, 0.3) is 0 Å². The molecule has 5 nitrogen and oxygen atoms in total. The molecule has 1 saturated carbocycles. The zero-order chi connectivity index (χ0) is 18.2. The predicted octanol–water partition coefficient (Wildman–Crippen LogP) is 3.30. The van der Waals surface area contributed by atoms with E-state index in [1.807, 2.05) is 17.0 Å². The quantitative estimate of drug-likeness (QED) is 0.850. The van der Waals surface area contributed by atoms with Crippen LogP contribution in [0.3, 0.4) is 0 Å². The van der Waals surface area contributed by atoms with Gasteiger partial charge in [0.05, 0.1) is 0 Å². The molecule has 0 bridgehead atoms. The van der Waals surface area contributed by atoms with Crippen LogP contribution in [0.2, 0.25) is 0 Å². The van der Waals surface area contributed by atoms with E-state index in [2.05, 4.69) is 10.3 Å². The molecule has 2 amide bonds. The van der Waals surface area contributed by atoms with Crippen LogP contribution in [0.5, 0.6) is 0 Å². The number of piperidine rings is 1. The topological polar surface area (TPSA) is 62.3 Å². The number of hydrogen-bond acceptors (Lipinski definition) is 3. The summed E-state index contributed by atoms with van der Waals surface area (Å²) < 4.78 is 0. The van der Waals surface area contributed by atoms with Gasteiger partial charge in [0, 0.05) is 44.4 Å². The Kier molecular flexibility index (Phi) is 7.04. The SMILES string of the molecule is O=C(NCc1cccnc1)C1CCN(C(=O)CCC2CCCCC2)CC1. The minimum atomic E-state index is 0.0223. The third-order valence-corrected chi connectivity index (χ3v) is 5.90. The maximum absolute atomic E-state index is 12.4. The maximum atomic E-state index is 12.4. The highest BCUT2D eigenvalue weighted by atomic mass is 16.2. The molecule has 2 heterocycles. The van der Waals surface area contributed by atoms with Gasteiger partial charge in [-0.15, -0.1) is 0 Å². The van der Waals surface area contributed by atoms with Gasteiger partial charge in [0.2, 0.25) is 11.8 Å². The Labute approximate surface area is 156 Å². The van der Waals surface area contributed by atoms with Crippen molar-refractivity contribution in [2.45, 2.75) is 64.3 Å². The van der Waals surface area contributed by atoms with E-state index in [9.17, 15) is 9.59 Å². The van der Waals surface area contributed by atoms with Crippen molar-refractivity contribution >= 4 is 11.8 Å². The second-order valence-corrected chi connectivity index (χ2v) is 7.78. The molecule has 5 heteroatoms. The molecule has 0 aromatic carbocycles. The molecular formula is C21H31N3O2. The van der Waals surface area contributed by atoms with E-state index in [-0.39, 0.29) is 17.7 Å². The van der Waals surface area contributed by atoms with Crippen molar-refractivity contribution in [1.82, 2.24) is 15.2 Å². The second-order valence-electron chi connectivity index (χ2n) is 7.78. The number of hydrogen-bond donors (Lipinski definition) is 1. The van der Waals surface area contributed by atoms with E-state index in [1.54, 1.807) is 12.4 Å². The van der Waals surface area contributed by atoms with E-state index >= 15 is 0 Å². The Balaban J connectivity index is 1.35. The summed E-state index contributed by atoms with van der Waals surface area (Å²) >= 11 is 0. The molecule has 1 aliphatic carbocycles. The van der Waals surface area contributed by atoms with Crippen molar-refractivity contribution in [2.24, 2.45) is 11.8 Å². The minimum Gasteiger partial charge on any atom is -0.352 e. The lowest BCUT2D eigenvalue weighted by Crippen LogP contribution is -2.43. The van der Waals surface area contributed by atoms with E-state index in [0.29, 0.717) is 26.1 Å². The number of aromatic nitrogens is 1. The lowest BCUT2D eigenvalue weighted by Gasteiger charge is -2.32. The molecule has 142 valence electrons. The van der Waals surface area contributed by atoms with Crippen LogP contribution in [0.15, 0.2) is 24.5 Å². The number of nitrogens with zero attached hydrogens (tertiary/aromatic N) is 2. The average molecular weight is 357 g/mol. The smallest absolute Gasteiger partial charge is 0.223 e. The number of amides is 2. The first-order valence-electron chi connectivity index (χ1n) is 10.2. The number of carbonyl (C=O) groups is 2. The third kappa shape index (κ3) is 5.55. The molecule has 1 aliphatic heterocycles. The van der Waals surface area contributed by atoms with Crippen LogP contribution >= 0.6 is 0 Å². The van der Waals surface area contributed by atoms with Gasteiger partial charge in [-0.05, 0) is 36.8 Å². The van der Waals surface area contributed by atoms with Crippen molar-refractivity contribution in [1.29, 1.82) is 0 Å². The van der Waals surface area contributed by atoms with Crippen LogP contribution in [-0.2, 0) is 16.1 Å². The molecular weight excluding hydrogens is 326 g/mol. The molecule has 3 rings (SSSR count). The zero-order valence-corrected chi connectivity index (χ0v) is 15.7. The fourth-order valence-corrected chi connectivity index (χ4v) is 4.19. The van der Waals surface area contributed by atoms with Gasteiger partial charge in [0.25, 0.3) is 0 Å². The van der Waals surface area contributed by atoms with Gasteiger partial charge in [0.15, 0.2) is 0 Å².